The maximum Gasteiger partial charge on any atom is 0.189 e. The second-order valence-corrected chi connectivity index (χ2v) is 6.14. The lowest BCUT2D eigenvalue weighted by Gasteiger charge is -2.23. The fourth-order valence-electron chi connectivity index (χ4n) is 3.07. The third kappa shape index (κ3) is 5.51. The van der Waals surface area contributed by atoms with Crippen molar-refractivity contribution < 1.29 is 0 Å². The van der Waals surface area contributed by atoms with Gasteiger partial charge in [-0.2, -0.15) is 0 Å². The quantitative estimate of drug-likeness (QED) is 0.427. The summed E-state index contributed by atoms with van der Waals surface area (Å²) >= 11 is 0. The van der Waals surface area contributed by atoms with E-state index in [0.717, 1.165) is 12.4 Å². The monoisotopic (exact) mass is 439 g/mol. The lowest BCUT2D eigenvalue weighted by Crippen LogP contribution is -2.41. The first kappa shape index (κ1) is 18.8. The van der Waals surface area contributed by atoms with E-state index in [1.54, 1.807) is 0 Å². The number of hydrogen-bond acceptors (Lipinski definition) is 2. The number of hydrogen-bond donors (Lipinski definition) is 2. The zero-order chi connectivity index (χ0) is 15.9. The number of nitrogens with one attached hydrogen (secondary N) is 1. The first-order chi connectivity index (χ1) is 11.3. The Morgan fingerprint density at radius 2 is 1.96 bits per heavy atom. The molecule has 3 rings (SSSR count). The maximum absolute atomic E-state index is 6.03. The number of imidazole rings is 1. The summed E-state index contributed by atoms with van der Waals surface area (Å²) in [4.78, 5) is 8.87. The molecule has 1 fully saturated rings. The molecule has 1 aliphatic rings. The zero-order valence-electron chi connectivity index (χ0n) is 13.9. The molecule has 0 amide bonds. The number of benzene rings is 1. The van der Waals surface area contributed by atoms with E-state index in [4.69, 9.17) is 5.73 Å². The minimum atomic E-state index is 0. The van der Waals surface area contributed by atoms with E-state index in [9.17, 15) is 0 Å². The Bertz CT molecular complexity index is 632. The number of rotatable bonds is 5. The van der Waals surface area contributed by atoms with Gasteiger partial charge in [0.1, 0.15) is 12.4 Å². The van der Waals surface area contributed by atoms with Crippen LogP contribution in [0.4, 0.5) is 0 Å². The van der Waals surface area contributed by atoms with Crippen LogP contribution in [0, 0.1) is 0 Å². The highest BCUT2D eigenvalue weighted by Gasteiger charge is 2.13. The summed E-state index contributed by atoms with van der Waals surface area (Å²) in [5.41, 5.74) is 7.28. The van der Waals surface area contributed by atoms with Crippen molar-refractivity contribution in [3.05, 3.63) is 54.1 Å². The molecule has 1 saturated carbocycles. The predicted octanol–water partition coefficient (Wildman–Crippen LogP) is 3.29. The Kier molecular flexibility index (Phi) is 7.55. The van der Waals surface area contributed by atoms with Gasteiger partial charge in [-0.15, -0.1) is 24.0 Å². The fraction of sp³-hybridized carbons (Fsp3) is 0.444. The first-order valence-electron chi connectivity index (χ1n) is 8.41. The van der Waals surface area contributed by atoms with E-state index in [2.05, 4.69) is 44.1 Å². The molecule has 0 radical (unpaired) electrons. The molecule has 5 nitrogen and oxygen atoms in total. The molecule has 0 aliphatic heterocycles. The minimum Gasteiger partial charge on any atom is -0.370 e. The van der Waals surface area contributed by atoms with Crippen LogP contribution in [0.15, 0.2) is 47.7 Å². The normalized spacial score (nSPS) is 15.8. The maximum atomic E-state index is 6.03. The molecular formula is C18H26IN5. The van der Waals surface area contributed by atoms with Gasteiger partial charge in [0.2, 0.25) is 0 Å². The Morgan fingerprint density at radius 1 is 1.21 bits per heavy atom. The van der Waals surface area contributed by atoms with Crippen molar-refractivity contribution in [3.8, 4) is 0 Å². The van der Waals surface area contributed by atoms with Gasteiger partial charge in [-0.05, 0) is 18.4 Å². The van der Waals surface area contributed by atoms with E-state index < -0.39 is 0 Å². The van der Waals surface area contributed by atoms with Crippen LogP contribution in [-0.4, -0.2) is 21.6 Å². The standard InChI is InChI=1S/C18H25N5.HI/c19-18(22-16-9-5-2-6-10-16)21-13-17-20-11-12-23(17)14-15-7-3-1-4-8-15;/h1,3-4,7-8,11-12,16H,2,5-6,9-10,13-14H2,(H3,19,21,22);1H. The predicted molar refractivity (Wildman–Crippen MR) is 109 cm³/mol. The van der Waals surface area contributed by atoms with Crippen molar-refractivity contribution in [1.29, 1.82) is 0 Å². The van der Waals surface area contributed by atoms with Crippen molar-refractivity contribution >= 4 is 29.9 Å². The second kappa shape index (κ2) is 9.66. The molecule has 1 aromatic heterocycles. The summed E-state index contributed by atoms with van der Waals surface area (Å²) in [6.07, 6.45) is 10.1. The molecular weight excluding hydrogens is 413 g/mol. The van der Waals surface area contributed by atoms with Crippen molar-refractivity contribution in [2.45, 2.75) is 51.2 Å². The average Bonchev–Trinajstić information content (AvgIpc) is 3.02. The summed E-state index contributed by atoms with van der Waals surface area (Å²) in [6, 6.07) is 10.8. The Balaban J connectivity index is 0.00000208. The number of nitrogens with zero attached hydrogens (tertiary/aromatic N) is 3. The van der Waals surface area contributed by atoms with Crippen LogP contribution in [0.3, 0.4) is 0 Å². The molecule has 2 aromatic rings. The van der Waals surface area contributed by atoms with Crippen molar-refractivity contribution in [3.63, 3.8) is 0 Å². The van der Waals surface area contributed by atoms with E-state index in [1.807, 2.05) is 18.5 Å². The smallest absolute Gasteiger partial charge is 0.189 e. The number of guanidine groups is 1. The van der Waals surface area contributed by atoms with E-state index in [-0.39, 0.29) is 24.0 Å². The SMILES string of the molecule is I.NC(=NCc1nccn1Cc1ccccc1)NC1CCCCC1. The van der Waals surface area contributed by atoms with Gasteiger partial charge in [0, 0.05) is 25.0 Å². The summed E-state index contributed by atoms with van der Waals surface area (Å²) < 4.78 is 2.12. The van der Waals surface area contributed by atoms with Crippen LogP contribution < -0.4 is 11.1 Å². The van der Waals surface area contributed by atoms with E-state index >= 15 is 0 Å². The highest BCUT2D eigenvalue weighted by molar-refractivity contribution is 14.0. The molecule has 1 heterocycles. The molecule has 6 heteroatoms. The largest absolute Gasteiger partial charge is 0.370 e. The average molecular weight is 439 g/mol. The third-order valence-electron chi connectivity index (χ3n) is 4.35. The lowest BCUT2D eigenvalue weighted by molar-refractivity contribution is 0.412. The van der Waals surface area contributed by atoms with Gasteiger partial charge in [0.05, 0.1) is 0 Å². The molecule has 0 atom stereocenters. The molecule has 1 aliphatic carbocycles. The third-order valence-corrected chi connectivity index (χ3v) is 4.35. The van der Waals surface area contributed by atoms with Crippen molar-refractivity contribution in [2.75, 3.05) is 0 Å². The van der Waals surface area contributed by atoms with Crippen molar-refractivity contribution in [2.24, 2.45) is 10.7 Å². The number of aromatic nitrogens is 2. The number of halogens is 1. The molecule has 0 bridgehead atoms. The highest BCUT2D eigenvalue weighted by Crippen LogP contribution is 2.17. The minimum absolute atomic E-state index is 0. The van der Waals surface area contributed by atoms with Gasteiger partial charge in [-0.1, -0.05) is 49.6 Å². The molecule has 0 spiro atoms. The molecule has 1 aromatic carbocycles. The van der Waals surface area contributed by atoms with Gasteiger partial charge >= 0.3 is 0 Å². The van der Waals surface area contributed by atoms with Gasteiger partial charge in [-0.25, -0.2) is 9.98 Å². The van der Waals surface area contributed by atoms with Crippen LogP contribution in [0.1, 0.15) is 43.5 Å². The first-order valence-corrected chi connectivity index (χ1v) is 8.41. The zero-order valence-corrected chi connectivity index (χ0v) is 16.2. The molecule has 0 saturated heterocycles. The number of aliphatic imine (C=N–C) groups is 1. The summed E-state index contributed by atoms with van der Waals surface area (Å²) in [5.74, 6) is 1.47. The van der Waals surface area contributed by atoms with Crippen LogP contribution in [0.25, 0.3) is 0 Å². The molecule has 3 N–H and O–H groups in total. The van der Waals surface area contributed by atoms with Crippen LogP contribution >= 0.6 is 24.0 Å². The number of nitrogens with two attached hydrogens (primary N) is 1. The topological polar surface area (TPSA) is 68.2 Å². The summed E-state index contributed by atoms with van der Waals surface area (Å²) in [7, 11) is 0. The van der Waals surface area contributed by atoms with E-state index in [1.165, 1.54) is 37.7 Å². The Hall–Kier alpha value is -1.57. The van der Waals surface area contributed by atoms with Crippen LogP contribution in [-0.2, 0) is 13.1 Å². The second-order valence-electron chi connectivity index (χ2n) is 6.14. The van der Waals surface area contributed by atoms with Crippen LogP contribution in [0.2, 0.25) is 0 Å². The molecule has 0 unspecified atom stereocenters. The molecule has 130 valence electrons. The van der Waals surface area contributed by atoms with Gasteiger partial charge < -0.3 is 15.6 Å². The van der Waals surface area contributed by atoms with Gasteiger partial charge in [0.25, 0.3) is 0 Å². The Morgan fingerprint density at radius 3 is 2.71 bits per heavy atom. The molecule has 24 heavy (non-hydrogen) atoms. The Labute approximate surface area is 160 Å². The fourth-order valence-corrected chi connectivity index (χ4v) is 3.07. The highest BCUT2D eigenvalue weighted by atomic mass is 127. The summed E-state index contributed by atoms with van der Waals surface area (Å²) in [5, 5.41) is 3.34. The lowest BCUT2D eigenvalue weighted by atomic mass is 9.96. The van der Waals surface area contributed by atoms with Crippen molar-refractivity contribution in [1.82, 2.24) is 14.9 Å². The van der Waals surface area contributed by atoms with Gasteiger partial charge in [-0.3, -0.25) is 0 Å². The summed E-state index contributed by atoms with van der Waals surface area (Å²) in [6.45, 7) is 1.31. The van der Waals surface area contributed by atoms with E-state index in [0.29, 0.717) is 18.5 Å². The van der Waals surface area contributed by atoms with Gasteiger partial charge in [0.15, 0.2) is 5.96 Å². The van der Waals surface area contributed by atoms with Crippen LogP contribution in [0.5, 0.6) is 0 Å².